The smallest absolute Gasteiger partial charge is 0.285 e. The van der Waals surface area contributed by atoms with Crippen LogP contribution in [0.4, 0.5) is 4.79 Å². The molecule has 0 saturated carbocycles. The van der Waals surface area contributed by atoms with Crippen molar-refractivity contribution in [1.29, 1.82) is 0 Å². The molecule has 1 saturated heterocycles. The molecule has 1 N–H and O–H groups in total. The topological polar surface area (TPSA) is 80.3 Å². The van der Waals surface area contributed by atoms with E-state index < -0.39 is 25.1 Å². The fraction of sp³-hybridized carbons (Fsp3) is 0.176. The molecule has 8 heteroatoms. The van der Waals surface area contributed by atoms with E-state index >= 15 is 0 Å². The molecular formula is C17H14BrNO4S2. The van der Waals surface area contributed by atoms with Gasteiger partial charge in [0, 0.05) is 10.9 Å². The van der Waals surface area contributed by atoms with Crippen molar-refractivity contribution in [2.45, 2.75) is 22.3 Å². The average molecular weight is 440 g/mol. The highest BCUT2D eigenvalue weighted by Crippen LogP contribution is 2.43. The van der Waals surface area contributed by atoms with Gasteiger partial charge in [-0.1, -0.05) is 45.8 Å². The van der Waals surface area contributed by atoms with Crippen LogP contribution in [0.3, 0.4) is 0 Å². The summed E-state index contributed by atoms with van der Waals surface area (Å²) < 4.78 is 25.4. The highest BCUT2D eigenvalue weighted by atomic mass is 79.9. The predicted molar refractivity (Wildman–Crippen MR) is 100 cm³/mol. The Morgan fingerprint density at radius 3 is 2.16 bits per heavy atom. The second-order valence-electron chi connectivity index (χ2n) is 5.72. The van der Waals surface area contributed by atoms with Crippen molar-refractivity contribution in [3.63, 3.8) is 0 Å². The minimum absolute atomic E-state index is 0.0209. The summed E-state index contributed by atoms with van der Waals surface area (Å²) in [5, 5.41) is 1.47. The quantitative estimate of drug-likeness (QED) is 0.788. The lowest BCUT2D eigenvalue weighted by Crippen LogP contribution is -2.45. The first-order chi connectivity index (χ1) is 11.7. The first-order valence-electron chi connectivity index (χ1n) is 7.35. The molecule has 130 valence electrons. The van der Waals surface area contributed by atoms with Gasteiger partial charge in [-0.25, -0.2) is 8.42 Å². The van der Waals surface area contributed by atoms with Crippen LogP contribution in [0.15, 0.2) is 57.9 Å². The molecule has 3 rings (SSSR count). The highest BCUT2D eigenvalue weighted by Gasteiger charge is 2.58. The Labute approximate surface area is 158 Å². The number of hydrogen-bond acceptors (Lipinski definition) is 5. The molecule has 2 aromatic rings. The van der Waals surface area contributed by atoms with Crippen LogP contribution in [0, 0.1) is 6.92 Å². The van der Waals surface area contributed by atoms with E-state index in [2.05, 4.69) is 21.2 Å². The van der Waals surface area contributed by atoms with Crippen LogP contribution in [0.5, 0.6) is 0 Å². The van der Waals surface area contributed by atoms with Gasteiger partial charge in [0.2, 0.25) is 13.9 Å². The number of imide groups is 1. The monoisotopic (exact) mass is 439 g/mol. The van der Waals surface area contributed by atoms with Gasteiger partial charge in [0.1, 0.15) is 0 Å². The van der Waals surface area contributed by atoms with Gasteiger partial charge in [-0.15, -0.1) is 0 Å². The van der Waals surface area contributed by atoms with Gasteiger partial charge < -0.3 is 0 Å². The van der Waals surface area contributed by atoms with Crippen molar-refractivity contribution in [1.82, 2.24) is 5.32 Å². The lowest BCUT2D eigenvalue weighted by molar-refractivity contribution is -0.119. The van der Waals surface area contributed by atoms with Crippen molar-refractivity contribution in [3.8, 4) is 0 Å². The maximum atomic E-state index is 13.3. The van der Waals surface area contributed by atoms with E-state index in [0.29, 0.717) is 17.3 Å². The zero-order chi connectivity index (χ0) is 18.2. The van der Waals surface area contributed by atoms with Crippen LogP contribution in [-0.2, 0) is 21.1 Å². The van der Waals surface area contributed by atoms with E-state index in [0.717, 1.165) is 10.0 Å². The maximum Gasteiger partial charge on any atom is 0.287 e. The van der Waals surface area contributed by atoms with Crippen molar-refractivity contribution in [2.24, 2.45) is 0 Å². The minimum Gasteiger partial charge on any atom is -0.285 e. The molecule has 0 radical (unpaired) electrons. The normalized spacial score (nSPS) is 20.6. The Morgan fingerprint density at radius 2 is 1.64 bits per heavy atom. The first kappa shape index (κ1) is 18.2. The molecule has 0 bridgehead atoms. The van der Waals surface area contributed by atoms with E-state index in [1.807, 2.05) is 6.92 Å². The molecule has 25 heavy (non-hydrogen) atoms. The molecule has 1 fully saturated rings. The Morgan fingerprint density at radius 1 is 1.04 bits per heavy atom. The fourth-order valence-corrected chi connectivity index (χ4v) is 6.15. The lowest BCUT2D eigenvalue weighted by atomic mass is 10.1. The molecule has 0 aromatic heterocycles. The summed E-state index contributed by atoms with van der Waals surface area (Å²) in [6.07, 6.45) is -0.0985. The maximum absolute atomic E-state index is 13.3. The van der Waals surface area contributed by atoms with Gasteiger partial charge >= 0.3 is 0 Å². The van der Waals surface area contributed by atoms with Crippen molar-refractivity contribution >= 4 is 48.7 Å². The molecule has 1 aliphatic rings. The van der Waals surface area contributed by atoms with Gasteiger partial charge in [-0.05, 0) is 48.5 Å². The standard InChI is InChI=1S/C17H14BrNO4S2/c1-11-2-8-14(9-3-11)25(22,23)17(15(20)19-16(21)24-17)10-12-4-6-13(18)7-5-12/h2-9H,10H2,1H3,(H,19,20,21). The van der Waals surface area contributed by atoms with Crippen LogP contribution in [0.1, 0.15) is 11.1 Å². The lowest BCUT2D eigenvalue weighted by Gasteiger charge is -2.24. The zero-order valence-corrected chi connectivity index (χ0v) is 16.4. The summed E-state index contributed by atoms with van der Waals surface area (Å²) in [5.41, 5.74) is 1.55. The van der Waals surface area contributed by atoms with Gasteiger partial charge in [0.25, 0.3) is 11.1 Å². The molecular weight excluding hydrogens is 426 g/mol. The third kappa shape index (κ3) is 3.26. The summed E-state index contributed by atoms with van der Waals surface area (Å²) in [5.74, 6) is -0.800. The van der Waals surface area contributed by atoms with E-state index in [1.165, 1.54) is 12.1 Å². The van der Waals surface area contributed by atoms with Gasteiger partial charge in [-0.3, -0.25) is 14.9 Å². The van der Waals surface area contributed by atoms with Crippen LogP contribution in [0.2, 0.25) is 0 Å². The van der Waals surface area contributed by atoms with Gasteiger partial charge in [0.05, 0.1) is 4.90 Å². The zero-order valence-electron chi connectivity index (χ0n) is 13.2. The molecule has 1 atom stereocenters. The van der Waals surface area contributed by atoms with Crippen LogP contribution in [-0.4, -0.2) is 23.6 Å². The molecule has 1 unspecified atom stereocenters. The highest BCUT2D eigenvalue weighted by molar-refractivity contribution is 9.10. The number of rotatable bonds is 4. The Kier molecular flexibility index (Phi) is 4.78. The molecule has 1 aliphatic heterocycles. The number of hydrogen-bond donors (Lipinski definition) is 1. The Bertz CT molecular complexity index is 940. The van der Waals surface area contributed by atoms with Crippen molar-refractivity contribution in [3.05, 3.63) is 64.1 Å². The van der Waals surface area contributed by atoms with Crippen molar-refractivity contribution < 1.29 is 18.0 Å². The second-order valence-corrected chi connectivity index (χ2v) is 10.3. The molecule has 0 spiro atoms. The average Bonchev–Trinajstić information content (AvgIpc) is 2.85. The third-order valence-electron chi connectivity index (χ3n) is 3.93. The van der Waals surface area contributed by atoms with Gasteiger partial charge in [-0.2, -0.15) is 0 Å². The Hall–Kier alpha value is -1.64. The number of halogens is 1. The predicted octanol–water partition coefficient (Wildman–Crippen LogP) is 3.45. The number of carbonyl (C=O) groups is 2. The van der Waals surface area contributed by atoms with E-state index in [9.17, 15) is 18.0 Å². The number of sulfone groups is 1. The third-order valence-corrected chi connectivity index (χ3v) is 8.41. The summed E-state index contributed by atoms with van der Waals surface area (Å²) in [4.78, 5) is 24.3. The summed E-state index contributed by atoms with van der Waals surface area (Å²) in [6.45, 7) is 1.84. The number of aryl methyl sites for hydroxylation is 1. The van der Waals surface area contributed by atoms with Gasteiger partial charge in [0.15, 0.2) is 0 Å². The Balaban J connectivity index is 2.11. The van der Waals surface area contributed by atoms with E-state index in [1.54, 1.807) is 36.4 Å². The van der Waals surface area contributed by atoms with Crippen molar-refractivity contribution in [2.75, 3.05) is 0 Å². The van der Waals surface area contributed by atoms with E-state index in [4.69, 9.17) is 0 Å². The molecule has 0 aliphatic carbocycles. The molecule has 5 nitrogen and oxygen atoms in total. The number of amides is 2. The molecule has 2 aromatic carbocycles. The second kappa shape index (κ2) is 6.59. The number of benzene rings is 2. The number of nitrogens with one attached hydrogen (secondary N) is 1. The number of carbonyl (C=O) groups excluding carboxylic acids is 2. The van der Waals surface area contributed by atoms with Crippen LogP contribution in [0.25, 0.3) is 0 Å². The molecule has 2 amide bonds. The SMILES string of the molecule is Cc1ccc(S(=O)(=O)C2(Cc3ccc(Br)cc3)SC(=O)NC2=O)cc1. The molecule has 1 heterocycles. The summed E-state index contributed by atoms with van der Waals surface area (Å²) in [6, 6.07) is 13.2. The van der Waals surface area contributed by atoms with E-state index in [-0.39, 0.29) is 11.3 Å². The number of thioether (sulfide) groups is 1. The van der Waals surface area contributed by atoms with Crippen LogP contribution < -0.4 is 5.32 Å². The summed E-state index contributed by atoms with van der Waals surface area (Å²) in [7, 11) is -4.09. The summed E-state index contributed by atoms with van der Waals surface area (Å²) >= 11 is 3.85. The largest absolute Gasteiger partial charge is 0.287 e. The fourth-order valence-electron chi connectivity index (χ4n) is 2.58. The first-order valence-corrected chi connectivity index (χ1v) is 10.4. The minimum atomic E-state index is -4.09. The van der Waals surface area contributed by atoms with Crippen LogP contribution >= 0.6 is 27.7 Å².